The Morgan fingerprint density at radius 3 is 1.91 bits per heavy atom. The molecule has 0 bridgehead atoms. The van der Waals surface area contributed by atoms with Crippen LogP contribution in [-0.4, -0.2) is 11.5 Å². The van der Waals surface area contributed by atoms with Crippen molar-refractivity contribution in [3.8, 4) is 0 Å². The fraction of sp³-hybridized carbons (Fsp3) is 0.742. The fourth-order valence-corrected chi connectivity index (χ4v) is 5.44. The Morgan fingerprint density at radius 1 is 0.886 bits per heavy atom. The fourth-order valence-electron chi connectivity index (χ4n) is 5.44. The van der Waals surface area contributed by atoms with Crippen LogP contribution in [0.4, 0.5) is 11.4 Å². The lowest BCUT2D eigenvalue weighted by atomic mass is 9.83. The molecule has 0 amide bonds. The molecule has 1 aromatic carbocycles. The number of allylic oxidation sites excluding steroid dienone is 1. The lowest BCUT2D eigenvalue weighted by Gasteiger charge is -2.31. The standard InChI is InChI=1S/C31H52N2O2/c1-7-8-9-10-11-12-13-14-15-16-17-18-19-22-30(3,4)23-24-32-26(2)31(5,6)28-21-20-27(33(34)35)25-29(28)32/h20-21,25H,2,7-19,22-24H2,1,3-6H3. The number of rotatable bonds is 18. The van der Waals surface area contributed by atoms with E-state index >= 15 is 0 Å². The van der Waals surface area contributed by atoms with Gasteiger partial charge in [0.05, 0.1) is 10.6 Å². The second-order valence-corrected chi connectivity index (χ2v) is 12.1. The van der Waals surface area contributed by atoms with Gasteiger partial charge in [0, 0.05) is 29.8 Å². The summed E-state index contributed by atoms with van der Waals surface area (Å²) in [5, 5.41) is 11.3. The van der Waals surface area contributed by atoms with E-state index in [4.69, 9.17) is 0 Å². The Hall–Kier alpha value is -1.84. The minimum Gasteiger partial charge on any atom is -0.344 e. The van der Waals surface area contributed by atoms with Gasteiger partial charge in [-0.25, -0.2) is 0 Å². The Morgan fingerprint density at radius 2 is 1.40 bits per heavy atom. The van der Waals surface area contributed by atoms with Gasteiger partial charge in [-0.1, -0.05) is 125 Å². The number of unbranched alkanes of at least 4 members (excludes halogenated alkanes) is 12. The average molecular weight is 485 g/mol. The first-order valence-corrected chi connectivity index (χ1v) is 14.4. The number of fused-ring (bicyclic) bond motifs is 1. The second-order valence-electron chi connectivity index (χ2n) is 12.1. The van der Waals surface area contributed by atoms with Crippen molar-refractivity contribution in [2.45, 2.75) is 136 Å². The van der Waals surface area contributed by atoms with Crippen molar-refractivity contribution in [2.24, 2.45) is 5.41 Å². The maximum atomic E-state index is 11.3. The number of hydrogen-bond acceptors (Lipinski definition) is 3. The molecule has 1 heterocycles. The number of nitro benzene ring substituents is 1. The van der Waals surface area contributed by atoms with Gasteiger partial charge in [-0.3, -0.25) is 10.1 Å². The zero-order valence-corrected chi connectivity index (χ0v) is 23.5. The van der Waals surface area contributed by atoms with E-state index in [1.165, 1.54) is 89.9 Å². The minimum atomic E-state index is -0.300. The van der Waals surface area contributed by atoms with E-state index in [9.17, 15) is 10.1 Å². The minimum absolute atomic E-state index is 0.158. The van der Waals surface area contributed by atoms with Crippen LogP contribution in [0.2, 0.25) is 0 Å². The molecular weight excluding hydrogens is 432 g/mol. The summed E-state index contributed by atoms with van der Waals surface area (Å²) in [5.74, 6) is 0. The molecule has 0 atom stereocenters. The molecule has 0 spiro atoms. The molecule has 0 saturated heterocycles. The third kappa shape index (κ3) is 8.95. The summed E-state index contributed by atoms with van der Waals surface area (Å²) in [7, 11) is 0. The lowest BCUT2D eigenvalue weighted by Crippen LogP contribution is -2.29. The quantitative estimate of drug-likeness (QED) is 0.118. The molecule has 1 aliphatic rings. The Bertz CT molecular complexity index is 812. The van der Waals surface area contributed by atoms with Gasteiger partial charge in [0.25, 0.3) is 5.69 Å². The zero-order chi connectivity index (χ0) is 25.9. The highest BCUT2D eigenvalue weighted by Crippen LogP contribution is 2.48. The van der Waals surface area contributed by atoms with Crippen LogP contribution in [0.15, 0.2) is 30.5 Å². The van der Waals surface area contributed by atoms with E-state index in [1.54, 1.807) is 12.1 Å². The van der Waals surface area contributed by atoms with E-state index in [0.717, 1.165) is 29.9 Å². The van der Waals surface area contributed by atoms with Gasteiger partial charge in [0.1, 0.15) is 0 Å². The monoisotopic (exact) mass is 484 g/mol. The summed E-state index contributed by atoms with van der Waals surface area (Å²) in [4.78, 5) is 13.3. The summed E-state index contributed by atoms with van der Waals surface area (Å²) in [6, 6.07) is 5.27. The SMILES string of the molecule is C=C1N(CCC(C)(C)CCCCCCCCCCCCCCC)c2cc([N+](=O)[O-])ccc2C1(C)C. The molecule has 1 aromatic rings. The summed E-state index contributed by atoms with van der Waals surface area (Å²) >= 11 is 0. The third-order valence-electron chi connectivity index (χ3n) is 8.17. The topological polar surface area (TPSA) is 46.4 Å². The highest BCUT2D eigenvalue weighted by Gasteiger charge is 2.40. The van der Waals surface area contributed by atoms with E-state index < -0.39 is 0 Å². The number of anilines is 1. The van der Waals surface area contributed by atoms with Crippen LogP contribution in [0.25, 0.3) is 0 Å². The molecule has 1 aliphatic heterocycles. The van der Waals surface area contributed by atoms with Crippen LogP contribution in [-0.2, 0) is 5.41 Å². The third-order valence-corrected chi connectivity index (χ3v) is 8.17. The van der Waals surface area contributed by atoms with Crippen LogP contribution in [0.1, 0.15) is 136 Å². The largest absolute Gasteiger partial charge is 0.344 e. The second kappa shape index (κ2) is 14.0. The highest BCUT2D eigenvalue weighted by molar-refractivity contribution is 5.72. The van der Waals surface area contributed by atoms with Crippen molar-refractivity contribution in [2.75, 3.05) is 11.4 Å². The van der Waals surface area contributed by atoms with E-state index in [-0.39, 0.29) is 21.4 Å². The van der Waals surface area contributed by atoms with Gasteiger partial charge in [0.2, 0.25) is 0 Å². The Kier molecular flexibility index (Phi) is 11.8. The Labute approximate surface area is 215 Å². The number of benzene rings is 1. The van der Waals surface area contributed by atoms with Crippen molar-refractivity contribution in [3.63, 3.8) is 0 Å². The van der Waals surface area contributed by atoms with Crippen LogP contribution in [0.3, 0.4) is 0 Å². The van der Waals surface area contributed by atoms with Crippen LogP contribution >= 0.6 is 0 Å². The lowest BCUT2D eigenvalue weighted by molar-refractivity contribution is -0.384. The van der Waals surface area contributed by atoms with Gasteiger partial charge in [-0.2, -0.15) is 0 Å². The molecule has 4 nitrogen and oxygen atoms in total. The zero-order valence-electron chi connectivity index (χ0n) is 23.5. The molecule has 0 N–H and O–H groups in total. The number of hydrogen-bond donors (Lipinski definition) is 0. The summed E-state index contributed by atoms with van der Waals surface area (Å²) in [5.41, 5.74) is 3.37. The van der Waals surface area contributed by atoms with Crippen molar-refractivity contribution in [3.05, 3.63) is 46.2 Å². The molecule has 0 aliphatic carbocycles. The average Bonchev–Trinajstić information content (AvgIpc) is 3.00. The normalized spacial score (nSPS) is 15.0. The van der Waals surface area contributed by atoms with Crippen molar-refractivity contribution in [1.29, 1.82) is 0 Å². The van der Waals surface area contributed by atoms with Gasteiger partial charge in [-0.15, -0.1) is 0 Å². The number of nitro groups is 1. The molecule has 0 aromatic heterocycles. The summed E-state index contributed by atoms with van der Waals surface area (Å²) in [6.45, 7) is 16.6. The van der Waals surface area contributed by atoms with Gasteiger partial charge in [0.15, 0.2) is 0 Å². The highest BCUT2D eigenvalue weighted by atomic mass is 16.6. The first kappa shape index (κ1) is 29.4. The van der Waals surface area contributed by atoms with Crippen LogP contribution in [0, 0.1) is 15.5 Å². The molecule has 2 rings (SSSR count). The molecular formula is C31H52N2O2. The number of non-ortho nitro benzene ring substituents is 1. The first-order chi connectivity index (χ1) is 16.6. The van der Waals surface area contributed by atoms with Gasteiger partial charge < -0.3 is 4.90 Å². The molecule has 35 heavy (non-hydrogen) atoms. The van der Waals surface area contributed by atoms with Crippen LogP contribution < -0.4 is 4.90 Å². The van der Waals surface area contributed by atoms with Gasteiger partial charge in [-0.05, 0) is 29.9 Å². The van der Waals surface area contributed by atoms with Crippen molar-refractivity contribution < 1.29 is 4.92 Å². The molecule has 4 heteroatoms. The van der Waals surface area contributed by atoms with Crippen molar-refractivity contribution >= 4 is 11.4 Å². The maximum Gasteiger partial charge on any atom is 0.271 e. The summed E-state index contributed by atoms with van der Waals surface area (Å²) < 4.78 is 0. The molecule has 0 fully saturated rings. The van der Waals surface area contributed by atoms with E-state index in [0.29, 0.717) is 0 Å². The van der Waals surface area contributed by atoms with E-state index in [2.05, 4.69) is 46.1 Å². The smallest absolute Gasteiger partial charge is 0.271 e. The molecule has 0 saturated carbocycles. The summed E-state index contributed by atoms with van der Waals surface area (Å²) in [6.07, 6.45) is 20.3. The first-order valence-electron chi connectivity index (χ1n) is 14.4. The van der Waals surface area contributed by atoms with Crippen molar-refractivity contribution in [1.82, 2.24) is 0 Å². The predicted octanol–water partition coefficient (Wildman–Crippen LogP) is 10.1. The molecule has 0 unspecified atom stereocenters. The molecule has 0 radical (unpaired) electrons. The van der Waals surface area contributed by atoms with E-state index in [1.807, 2.05) is 6.07 Å². The Balaban J connectivity index is 1.67. The molecule has 198 valence electrons. The van der Waals surface area contributed by atoms with Gasteiger partial charge >= 0.3 is 0 Å². The predicted molar refractivity (Wildman–Crippen MR) is 151 cm³/mol. The van der Waals surface area contributed by atoms with Crippen LogP contribution in [0.5, 0.6) is 0 Å². The maximum absolute atomic E-state index is 11.3. The number of nitrogens with zero attached hydrogens (tertiary/aromatic N) is 2.